The number of aromatic nitrogens is 2. The fourth-order valence-corrected chi connectivity index (χ4v) is 3.49. The van der Waals surface area contributed by atoms with Gasteiger partial charge in [-0.05, 0) is 28.4 Å². The first-order chi connectivity index (χ1) is 13.3. The van der Waals surface area contributed by atoms with E-state index in [9.17, 15) is 0 Å². The first-order valence-electron chi connectivity index (χ1n) is 8.91. The fraction of sp³-hybridized carbons (Fsp3) is 0.300. The highest BCUT2D eigenvalue weighted by Gasteiger charge is 2.32. The minimum Gasteiger partial charge on any atom is -0.454 e. The Kier molecular flexibility index (Phi) is 3.94. The second-order valence-corrected chi connectivity index (χ2v) is 6.66. The first kappa shape index (κ1) is 16.1. The number of hydrogen-bond donors (Lipinski definition) is 0. The summed E-state index contributed by atoms with van der Waals surface area (Å²) in [7, 11) is 0. The summed E-state index contributed by atoms with van der Waals surface area (Å²) in [5, 5.41) is 4.09. The highest BCUT2D eigenvalue weighted by molar-refractivity contribution is 5.46. The summed E-state index contributed by atoms with van der Waals surface area (Å²) in [6.07, 6.45) is -0.258. The quantitative estimate of drug-likeness (QED) is 0.704. The molecule has 0 spiro atoms. The van der Waals surface area contributed by atoms with E-state index in [0.29, 0.717) is 24.9 Å². The topological polar surface area (TPSA) is 69.9 Å². The lowest BCUT2D eigenvalue weighted by molar-refractivity contribution is -0.0299. The lowest BCUT2D eigenvalue weighted by Gasteiger charge is -2.38. The Balaban J connectivity index is 1.48. The third kappa shape index (κ3) is 3.10. The van der Waals surface area contributed by atoms with E-state index in [2.05, 4.69) is 27.2 Å². The van der Waals surface area contributed by atoms with Gasteiger partial charge >= 0.3 is 0 Å². The van der Waals surface area contributed by atoms with Crippen molar-refractivity contribution in [3.05, 3.63) is 65.5 Å². The maximum atomic E-state index is 6.45. The van der Waals surface area contributed by atoms with Gasteiger partial charge in [-0.3, -0.25) is 0 Å². The van der Waals surface area contributed by atoms with Crippen molar-refractivity contribution in [2.45, 2.75) is 19.1 Å². The van der Waals surface area contributed by atoms with E-state index >= 15 is 0 Å². The monoisotopic (exact) mass is 365 g/mol. The molecule has 2 aliphatic heterocycles. The molecular weight excluding hydrogens is 346 g/mol. The summed E-state index contributed by atoms with van der Waals surface area (Å²) in [6.45, 7) is 3.33. The van der Waals surface area contributed by atoms with Crippen molar-refractivity contribution >= 4 is 5.95 Å². The summed E-state index contributed by atoms with van der Waals surface area (Å²) in [5.41, 5.74) is 2.15. The van der Waals surface area contributed by atoms with Gasteiger partial charge in [-0.1, -0.05) is 36.4 Å². The van der Waals surface area contributed by atoms with Crippen LogP contribution in [-0.4, -0.2) is 30.0 Å². The van der Waals surface area contributed by atoms with Crippen molar-refractivity contribution in [3.8, 4) is 11.5 Å². The predicted molar refractivity (Wildman–Crippen MR) is 96.8 cm³/mol. The molecule has 1 aromatic heterocycles. The van der Waals surface area contributed by atoms with E-state index in [1.54, 1.807) is 6.92 Å². The lowest BCUT2D eigenvalue weighted by atomic mass is 10.0. The van der Waals surface area contributed by atoms with Crippen LogP contribution in [0.5, 0.6) is 11.5 Å². The molecule has 0 bridgehead atoms. The third-order valence-electron chi connectivity index (χ3n) is 4.84. The summed E-state index contributed by atoms with van der Waals surface area (Å²) in [5.74, 6) is 2.65. The number of morpholine rings is 1. The average Bonchev–Trinajstić information content (AvgIpc) is 3.36. The molecule has 27 heavy (non-hydrogen) atoms. The Morgan fingerprint density at radius 2 is 1.70 bits per heavy atom. The molecule has 5 rings (SSSR count). The second kappa shape index (κ2) is 6.59. The van der Waals surface area contributed by atoms with Gasteiger partial charge in [-0.25, -0.2) is 0 Å². The molecule has 1 fully saturated rings. The highest BCUT2D eigenvalue weighted by atomic mass is 16.7. The molecule has 0 aliphatic carbocycles. The van der Waals surface area contributed by atoms with E-state index < -0.39 is 0 Å². The Labute approximate surface area is 156 Å². The van der Waals surface area contributed by atoms with Crippen molar-refractivity contribution in [3.63, 3.8) is 0 Å². The zero-order chi connectivity index (χ0) is 18.2. The van der Waals surface area contributed by atoms with E-state index in [1.165, 1.54) is 0 Å². The van der Waals surface area contributed by atoms with E-state index in [4.69, 9.17) is 18.7 Å². The van der Waals surface area contributed by atoms with E-state index in [1.807, 2.05) is 36.4 Å². The summed E-state index contributed by atoms with van der Waals surface area (Å²) >= 11 is 0. The number of fused-ring (bicyclic) bond motifs is 1. The van der Waals surface area contributed by atoms with Gasteiger partial charge in [-0.2, -0.15) is 4.98 Å². The van der Waals surface area contributed by atoms with Crippen LogP contribution in [0.2, 0.25) is 0 Å². The number of rotatable bonds is 3. The van der Waals surface area contributed by atoms with Crippen LogP contribution in [0.4, 0.5) is 5.95 Å². The van der Waals surface area contributed by atoms with Crippen LogP contribution in [0, 0.1) is 6.92 Å². The van der Waals surface area contributed by atoms with Crippen molar-refractivity contribution in [1.29, 1.82) is 0 Å². The standard InChI is InChI=1S/C20H19N3O4/c1-13-21-20(22-27-13)23-10-18(14-5-3-2-4-6-14)26-19(11-23)15-7-8-16-17(9-15)25-12-24-16/h2-9,18-19H,10-12H2,1H3/t18-,19+/m0/s1. The normalized spacial score (nSPS) is 21.4. The summed E-state index contributed by atoms with van der Waals surface area (Å²) in [4.78, 5) is 6.50. The van der Waals surface area contributed by atoms with Crippen LogP contribution >= 0.6 is 0 Å². The third-order valence-corrected chi connectivity index (χ3v) is 4.84. The van der Waals surface area contributed by atoms with Crippen LogP contribution in [0.3, 0.4) is 0 Å². The molecule has 0 radical (unpaired) electrons. The molecule has 2 aliphatic rings. The van der Waals surface area contributed by atoms with Crippen LogP contribution in [0.15, 0.2) is 53.1 Å². The lowest BCUT2D eigenvalue weighted by Crippen LogP contribution is -2.40. The molecule has 1 saturated heterocycles. The van der Waals surface area contributed by atoms with Crippen LogP contribution in [-0.2, 0) is 4.74 Å². The predicted octanol–water partition coefficient (Wildman–Crippen LogP) is 3.43. The van der Waals surface area contributed by atoms with Gasteiger partial charge in [0.15, 0.2) is 11.5 Å². The maximum Gasteiger partial charge on any atom is 0.266 e. The summed E-state index contributed by atoms with van der Waals surface area (Å²) < 4.78 is 22.6. The minimum atomic E-state index is -0.155. The smallest absolute Gasteiger partial charge is 0.266 e. The fourth-order valence-electron chi connectivity index (χ4n) is 3.49. The molecule has 0 amide bonds. The molecule has 0 unspecified atom stereocenters. The Hall–Kier alpha value is -3.06. The van der Waals surface area contributed by atoms with Gasteiger partial charge in [0.2, 0.25) is 12.7 Å². The van der Waals surface area contributed by atoms with Gasteiger partial charge in [0.05, 0.1) is 13.1 Å². The molecule has 2 atom stereocenters. The number of anilines is 1. The van der Waals surface area contributed by atoms with Crippen molar-refractivity contribution in [1.82, 2.24) is 10.1 Å². The number of aryl methyl sites for hydroxylation is 1. The van der Waals surface area contributed by atoms with E-state index in [0.717, 1.165) is 22.6 Å². The Bertz CT molecular complexity index is 943. The molecule has 7 nitrogen and oxygen atoms in total. The SMILES string of the molecule is Cc1nc(N2C[C@@H](c3ccccc3)O[C@@H](c3ccc4c(c3)OCO4)C2)no1. The largest absolute Gasteiger partial charge is 0.454 e. The number of benzene rings is 2. The van der Waals surface area contributed by atoms with Crippen molar-refractivity contribution in [2.75, 3.05) is 24.8 Å². The zero-order valence-corrected chi connectivity index (χ0v) is 14.9. The molecule has 3 aromatic rings. The van der Waals surface area contributed by atoms with Crippen molar-refractivity contribution < 1.29 is 18.7 Å². The molecule has 3 heterocycles. The highest BCUT2D eigenvalue weighted by Crippen LogP contribution is 2.39. The van der Waals surface area contributed by atoms with Gasteiger partial charge in [-0.15, -0.1) is 0 Å². The molecule has 138 valence electrons. The minimum absolute atomic E-state index is 0.103. The van der Waals surface area contributed by atoms with Gasteiger partial charge < -0.3 is 23.6 Å². The van der Waals surface area contributed by atoms with Gasteiger partial charge in [0.25, 0.3) is 5.95 Å². The van der Waals surface area contributed by atoms with Gasteiger partial charge in [0.1, 0.15) is 12.2 Å². The molecule has 0 N–H and O–H groups in total. The Morgan fingerprint density at radius 3 is 2.48 bits per heavy atom. The van der Waals surface area contributed by atoms with Gasteiger partial charge in [0, 0.05) is 6.92 Å². The number of ether oxygens (including phenoxy) is 3. The average molecular weight is 365 g/mol. The van der Waals surface area contributed by atoms with Crippen LogP contribution in [0.1, 0.15) is 29.2 Å². The number of nitrogens with zero attached hydrogens (tertiary/aromatic N) is 3. The molecular formula is C20H19N3O4. The first-order valence-corrected chi connectivity index (χ1v) is 8.91. The van der Waals surface area contributed by atoms with E-state index in [-0.39, 0.29) is 19.0 Å². The molecule has 0 saturated carbocycles. The summed E-state index contributed by atoms with van der Waals surface area (Å²) in [6, 6.07) is 16.1. The molecule has 7 heteroatoms. The zero-order valence-electron chi connectivity index (χ0n) is 14.9. The second-order valence-electron chi connectivity index (χ2n) is 6.66. The Morgan fingerprint density at radius 1 is 0.926 bits per heavy atom. The molecule has 2 aromatic carbocycles. The number of hydrogen-bond acceptors (Lipinski definition) is 7. The van der Waals surface area contributed by atoms with Crippen LogP contribution < -0.4 is 14.4 Å². The van der Waals surface area contributed by atoms with Crippen LogP contribution in [0.25, 0.3) is 0 Å². The van der Waals surface area contributed by atoms with Crippen molar-refractivity contribution in [2.24, 2.45) is 0 Å². The maximum absolute atomic E-state index is 6.45.